The van der Waals surface area contributed by atoms with E-state index in [-0.39, 0.29) is 30.2 Å². The zero-order chi connectivity index (χ0) is 42.9. The molecule has 1 saturated heterocycles. The Labute approximate surface area is 365 Å². The van der Waals surface area contributed by atoms with Crippen molar-refractivity contribution in [3.05, 3.63) is 185 Å². The molecule has 0 aliphatic carbocycles. The van der Waals surface area contributed by atoms with E-state index in [0.29, 0.717) is 73.2 Å². The summed E-state index contributed by atoms with van der Waals surface area (Å²) in [5, 5.41) is 10.9. The summed E-state index contributed by atoms with van der Waals surface area (Å²) in [7, 11) is 0. The number of amides is 3. The molecule has 11 heteroatoms. The summed E-state index contributed by atoms with van der Waals surface area (Å²) in [5.41, 5.74) is 7.87. The minimum absolute atomic E-state index is 0.0982. The van der Waals surface area contributed by atoms with E-state index in [4.69, 9.17) is 9.47 Å². The molecule has 0 bridgehead atoms. The highest BCUT2D eigenvalue weighted by atomic mass is 16.6. The van der Waals surface area contributed by atoms with Crippen molar-refractivity contribution in [2.45, 2.75) is 32.0 Å². The number of carbonyl (C=O) groups is 3. The van der Waals surface area contributed by atoms with Crippen LogP contribution in [0.4, 0.5) is 16.2 Å². The molecule has 3 amide bonds. The molecule has 1 aromatic heterocycles. The molecule has 11 nitrogen and oxygen atoms in total. The fourth-order valence-electron chi connectivity index (χ4n) is 9.23. The zero-order valence-corrected chi connectivity index (χ0v) is 34.8. The van der Waals surface area contributed by atoms with Crippen LogP contribution in [0.1, 0.15) is 43.0 Å². The topological polar surface area (TPSA) is 108 Å². The predicted molar refractivity (Wildman–Crippen MR) is 242 cm³/mol. The highest BCUT2D eigenvalue weighted by Crippen LogP contribution is 2.36. The summed E-state index contributed by atoms with van der Waals surface area (Å²) in [4.78, 5) is 52.0. The second kappa shape index (κ2) is 17.3. The van der Waals surface area contributed by atoms with Gasteiger partial charge in [0.05, 0.1) is 35.5 Å². The van der Waals surface area contributed by atoms with E-state index in [2.05, 4.69) is 29.2 Å². The average molecular weight is 838 g/mol. The third-order valence-corrected chi connectivity index (χ3v) is 12.5. The van der Waals surface area contributed by atoms with Gasteiger partial charge in [0.2, 0.25) is 0 Å². The molecule has 0 spiro atoms. The number of phenolic OH excluding ortho intramolecular Hbond substituents is 1. The van der Waals surface area contributed by atoms with Crippen LogP contribution < -0.4 is 9.64 Å². The number of aromatic nitrogens is 1. The summed E-state index contributed by atoms with van der Waals surface area (Å²) >= 11 is 0. The van der Waals surface area contributed by atoms with Crippen molar-refractivity contribution in [3.63, 3.8) is 0 Å². The van der Waals surface area contributed by atoms with Crippen molar-refractivity contribution in [1.29, 1.82) is 0 Å². The van der Waals surface area contributed by atoms with Gasteiger partial charge in [-0.15, -0.1) is 0 Å². The Morgan fingerprint density at radius 1 is 0.683 bits per heavy atom. The lowest BCUT2D eigenvalue weighted by Crippen LogP contribution is -2.52. The molecule has 6 aromatic carbocycles. The second-order valence-corrected chi connectivity index (χ2v) is 16.4. The Morgan fingerprint density at radius 3 is 2.14 bits per heavy atom. The van der Waals surface area contributed by atoms with E-state index in [1.54, 1.807) is 46.2 Å². The van der Waals surface area contributed by atoms with Crippen LogP contribution in [0.25, 0.3) is 16.6 Å². The molecule has 0 saturated carbocycles. The maximum atomic E-state index is 15.6. The average Bonchev–Trinajstić information content (AvgIpc) is 3.72. The van der Waals surface area contributed by atoms with E-state index < -0.39 is 6.09 Å². The monoisotopic (exact) mass is 837 g/mol. The number of rotatable bonds is 8. The van der Waals surface area contributed by atoms with Gasteiger partial charge in [-0.2, -0.15) is 0 Å². The van der Waals surface area contributed by atoms with Crippen LogP contribution >= 0.6 is 0 Å². The normalized spacial score (nSPS) is 16.3. The van der Waals surface area contributed by atoms with Crippen molar-refractivity contribution in [3.8, 4) is 17.2 Å². The summed E-state index contributed by atoms with van der Waals surface area (Å²) < 4.78 is 13.4. The summed E-state index contributed by atoms with van der Waals surface area (Å²) in [5.74, 6) is 0.182. The SMILES string of the molecule is O=C(Oc1ccccc1)N1CCc2cc(-n3cc(C(=O)N(c4ccccc4)c4ccc(O)cc4)c4ccccc43)c(C(=O)N3Cc4ccccc4C[C@H]3CN3CCOCC3)cc2C1. The second-order valence-electron chi connectivity index (χ2n) is 16.4. The molecule has 0 radical (unpaired) electrons. The number of carbonyl (C=O) groups excluding carboxylic acids is 3. The number of nitrogens with zero attached hydrogens (tertiary/aromatic N) is 5. The third-order valence-electron chi connectivity index (χ3n) is 12.5. The molecule has 1 atom stereocenters. The molecular weight excluding hydrogens is 791 g/mol. The maximum absolute atomic E-state index is 15.6. The summed E-state index contributed by atoms with van der Waals surface area (Å²) in [6, 6.07) is 45.2. The van der Waals surface area contributed by atoms with Crippen LogP contribution in [-0.4, -0.2) is 87.7 Å². The van der Waals surface area contributed by atoms with Crippen LogP contribution in [0, 0.1) is 0 Å². The van der Waals surface area contributed by atoms with Gasteiger partial charge in [0.15, 0.2) is 0 Å². The van der Waals surface area contributed by atoms with Crippen molar-refractivity contribution in [1.82, 2.24) is 19.3 Å². The summed E-state index contributed by atoms with van der Waals surface area (Å²) in [6.07, 6.45) is 2.67. The number of benzene rings is 6. The van der Waals surface area contributed by atoms with Crippen molar-refractivity contribution >= 4 is 40.2 Å². The van der Waals surface area contributed by atoms with Crippen LogP contribution in [0.2, 0.25) is 0 Å². The zero-order valence-electron chi connectivity index (χ0n) is 34.8. The molecule has 0 unspecified atom stereocenters. The first kappa shape index (κ1) is 39.9. The molecule has 1 N–H and O–H groups in total. The number of anilines is 2. The van der Waals surface area contributed by atoms with E-state index in [1.165, 1.54) is 5.56 Å². The number of para-hydroxylation sites is 3. The molecule has 1 fully saturated rings. The van der Waals surface area contributed by atoms with Crippen molar-refractivity contribution in [2.75, 3.05) is 44.3 Å². The van der Waals surface area contributed by atoms with Crippen LogP contribution in [0.15, 0.2) is 152 Å². The number of morpholine rings is 1. The van der Waals surface area contributed by atoms with Gasteiger partial charge < -0.3 is 28.9 Å². The van der Waals surface area contributed by atoms with Gasteiger partial charge in [0, 0.05) is 68.3 Å². The number of fused-ring (bicyclic) bond motifs is 3. The predicted octanol–water partition coefficient (Wildman–Crippen LogP) is 8.77. The number of aromatic hydroxyl groups is 1. The standard InChI is InChI=1S/C52H47N5O6/c58-43-21-19-41(20-22-43)57(40-13-3-1-4-14-40)51(60)47-35-56(48-18-10-9-17-45(47)48)49-31-37-23-24-54(52(61)63-44-15-5-2-6-16-44)32-39(37)30-46(49)50(59)55-33-38-12-8-7-11-36(38)29-42(55)34-53-25-27-62-28-26-53/h1-22,30-31,35,42,58H,23-29,32-34H2/t42-/m0/s1. The highest BCUT2D eigenvalue weighted by Gasteiger charge is 2.35. The van der Waals surface area contributed by atoms with E-state index in [9.17, 15) is 9.90 Å². The largest absolute Gasteiger partial charge is 0.508 e. The van der Waals surface area contributed by atoms with Crippen molar-refractivity contribution < 1.29 is 29.0 Å². The fraction of sp³-hybridized carbons (Fsp3) is 0.212. The Bertz CT molecular complexity index is 2800. The first-order valence-electron chi connectivity index (χ1n) is 21.5. The van der Waals surface area contributed by atoms with Crippen molar-refractivity contribution in [2.24, 2.45) is 0 Å². The lowest BCUT2D eigenvalue weighted by Gasteiger charge is -2.41. The first-order valence-corrected chi connectivity index (χ1v) is 21.5. The lowest BCUT2D eigenvalue weighted by atomic mass is 9.91. The molecule has 3 aliphatic heterocycles. The summed E-state index contributed by atoms with van der Waals surface area (Å²) in [6.45, 7) is 4.79. The number of phenols is 1. The number of ether oxygens (including phenoxy) is 2. The van der Waals surface area contributed by atoms with E-state index in [0.717, 1.165) is 47.1 Å². The van der Waals surface area contributed by atoms with Crippen LogP contribution in [0.3, 0.4) is 0 Å². The first-order chi connectivity index (χ1) is 30.9. The molecule has 316 valence electrons. The van der Waals surface area contributed by atoms with Gasteiger partial charge in [-0.25, -0.2) is 4.79 Å². The Balaban J connectivity index is 1.09. The smallest absolute Gasteiger partial charge is 0.415 e. The molecular formula is C52H47N5O6. The molecule has 10 rings (SSSR count). The Morgan fingerprint density at radius 2 is 1.37 bits per heavy atom. The third kappa shape index (κ3) is 8.04. The van der Waals surface area contributed by atoms with Gasteiger partial charge in [-0.05, 0) is 102 Å². The molecule has 4 heterocycles. The molecule has 3 aliphatic rings. The van der Waals surface area contributed by atoms with E-state index >= 15 is 9.59 Å². The van der Waals surface area contributed by atoms with Gasteiger partial charge in [0.25, 0.3) is 11.8 Å². The Kier molecular flexibility index (Phi) is 10.9. The van der Waals surface area contributed by atoms with Crippen LogP contribution in [-0.2, 0) is 30.7 Å². The van der Waals surface area contributed by atoms with Crippen LogP contribution in [0.5, 0.6) is 11.5 Å². The quantitative estimate of drug-likeness (QED) is 0.163. The fourth-order valence-corrected chi connectivity index (χ4v) is 9.23. The minimum Gasteiger partial charge on any atom is -0.508 e. The van der Waals surface area contributed by atoms with Gasteiger partial charge in [-0.1, -0.05) is 78.9 Å². The van der Waals surface area contributed by atoms with Gasteiger partial charge in [0.1, 0.15) is 11.5 Å². The lowest BCUT2D eigenvalue weighted by molar-refractivity contribution is 0.0193. The number of hydrogen-bond acceptors (Lipinski definition) is 7. The maximum Gasteiger partial charge on any atom is 0.415 e. The number of hydrogen-bond donors (Lipinski definition) is 1. The van der Waals surface area contributed by atoms with Gasteiger partial charge >= 0.3 is 6.09 Å². The van der Waals surface area contributed by atoms with E-state index in [1.807, 2.05) is 101 Å². The Hall–Kier alpha value is -7.21. The highest BCUT2D eigenvalue weighted by molar-refractivity contribution is 6.17. The molecule has 7 aromatic rings. The minimum atomic E-state index is -0.446. The molecule has 63 heavy (non-hydrogen) atoms. The van der Waals surface area contributed by atoms with Gasteiger partial charge in [-0.3, -0.25) is 19.4 Å².